The molecular weight excluding hydrogens is 144 g/mol. The van der Waals surface area contributed by atoms with Crippen LogP contribution in [0.1, 0.15) is 6.42 Å². The van der Waals surface area contributed by atoms with Crippen LogP contribution in [0.2, 0.25) is 0 Å². The molecule has 0 aromatic rings. The van der Waals surface area contributed by atoms with Crippen molar-refractivity contribution >= 4 is 11.8 Å². The minimum Gasteiger partial charge on any atom is -0.482 e. The first-order valence-corrected chi connectivity index (χ1v) is 4.62. The fourth-order valence-electron chi connectivity index (χ4n) is 1.57. The van der Waals surface area contributed by atoms with Crippen molar-refractivity contribution < 1.29 is 4.74 Å². The molecule has 0 aromatic heterocycles. The monoisotopic (exact) mass is 152 g/mol. The van der Waals surface area contributed by atoms with E-state index in [1.807, 2.05) is 11.8 Å². The van der Waals surface area contributed by atoms with Crippen LogP contribution in [-0.4, -0.2) is 5.94 Å². The average molecular weight is 152 g/mol. The van der Waals surface area contributed by atoms with Crippen molar-refractivity contribution in [2.45, 2.75) is 6.42 Å². The summed E-state index contributed by atoms with van der Waals surface area (Å²) in [6.07, 6.45) is 6.02. The Labute approximate surface area is 64.1 Å². The molecule has 0 radical (unpaired) electrons. The average Bonchev–Trinajstić information content (AvgIpc) is 2.52. The highest BCUT2D eigenvalue weighted by atomic mass is 32.2. The normalized spacial score (nSPS) is 40.8. The Morgan fingerprint density at radius 1 is 1.40 bits per heavy atom. The summed E-state index contributed by atoms with van der Waals surface area (Å²) in [5.74, 6) is 3.69. The number of hydrogen-bond acceptors (Lipinski definition) is 2. The van der Waals surface area contributed by atoms with Crippen LogP contribution >= 0.6 is 11.8 Å². The molecule has 3 rings (SSSR count). The molecular formula is C8H8OS. The smallest absolute Gasteiger partial charge is 0.138 e. The molecule has 52 valence electrons. The first-order chi connectivity index (χ1) is 4.93. The van der Waals surface area contributed by atoms with E-state index in [2.05, 4.69) is 12.2 Å². The van der Waals surface area contributed by atoms with E-state index in [0.29, 0.717) is 0 Å². The van der Waals surface area contributed by atoms with Gasteiger partial charge < -0.3 is 4.74 Å². The van der Waals surface area contributed by atoms with E-state index in [-0.39, 0.29) is 0 Å². The quantitative estimate of drug-likeness (QED) is 0.526. The summed E-state index contributed by atoms with van der Waals surface area (Å²) in [5.41, 5.74) is 0. The third-order valence-electron chi connectivity index (χ3n) is 2.29. The number of rotatable bonds is 0. The van der Waals surface area contributed by atoms with Gasteiger partial charge in [-0.25, -0.2) is 0 Å². The highest BCUT2D eigenvalue weighted by molar-refractivity contribution is 8.03. The number of hydrogen-bond donors (Lipinski definition) is 0. The zero-order valence-electron chi connectivity index (χ0n) is 5.54. The van der Waals surface area contributed by atoms with Crippen LogP contribution in [0, 0.1) is 11.8 Å². The highest BCUT2D eigenvalue weighted by Crippen LogP contribution is 2.50. The number of ether oxygens (including phenoxy) is 1. The topological polar surface area (TPSA) is 9.23 Å². The third kappa shape index (κ3) is 0.601. The van der Waals surface area contributed by atoms with E-state index in [1.54, 1.807) is 0 Å². The molecule has 1 saturated heterocycles. The Morgan fingerprint density at radius 3 is 3.30 bits per heavy atom. The summed E-state index contributed by atoms with van der Waals surface area (Å²) in [5, 5.41) is 0. The number of thioether (sulfide) groups is 1. The van der Waals surface area contributed by atoms with Gasteiger partial charge in [0.2, 0.25) is 0 Å². The van der Waals surface area contributed by atoms with E-state index in [4.69, 9.17) is 4.74 Å². The SMILES string of the molecule is C1=C2OCSC2=CC2CC12. The molecule has 10 heavy (non-hydrogen) atoms. The lowest BCUT2D eigenvalue weighted by Gasteiger charge is -2.02. The maximum absolute atomic E-state index is 5.41. The first-order valence-electron chi connectivity index (χ1n) is 3.63. The summed E-state index contributed by atoms with van der Waals surface area (Å²) in [6.45, 7) is 0. The van der Waals surface area contributed by atoms with Gasteiger partial charge in [-0.15, -0.1) is 0 Å². The fourth-order valence-corrected chi connectivity index (χ4v) is 2.42. The fraction of sp³-hybridized carbons (Fsp3) is 0.500. The summed E-state index contributed by atoms with van der Waals surface area (Å²) < 4.78 is 5.41. The lowest BCUT2D eigenvalue weighted by atomic mass is 10.2. The van der Waals surface area contributed by atoms with E-state index in [9.17, 15) is 0 Å². The van der Waals surface area contributed by atoms with Crippen LogP contribution in [-0.2, 0) is 4.74 Å². The summed E-state index contributed by atoms with van der Waals surface area (Å²) >= 11 is 1.83. The van der Waals surface area contributed by atoms with Crippen molar-refractivity contribution in [1.29, 1.82) is 0 Å². The van der Waals surface area contributed by atoms with Crippen molar-refractivity contribution in [2.75, 3.05) is 5.94 Å². The molecule has 2 aliphatic carbocycles. The van der Waals surface area contributed by atoms with Gasteiger partial charge in [0.25, 0.3) is 0 Å². The van der Waals surface area contributed by atoms with Gasteiger partial charge in [-0.05, 0) is 24.3 Å². The first kappa shape index (κ1) is 5.30. The molecule has 0 aromatic carbocycles. The zero-order chi connectivity index (χ0) is 6.55. The van der Waals surface area contributed by atoms with Crippen LogP contribution in [0.25, 0.3) is 0 Å². The minimum absolute atomic E-state index is 0.830. The van der Waals surface area contributed by atoms with Gasteiger partial charge in [0.05, 0.1) is 0 Å². The van der Waals surface area contributed by atoms with Gasteiger partial charge in [0.1, 0.15) is 11.7 Å². The van der Waals surface area contributed by atoms with Gasteiger partial charge in [-0.1, -0.05) is 17.8 Å². The predicted molar refractivity (Wildman–Crippen MR) is 41.3 cm³/mol. The molecule has 2 heteroatoms. The van der Waals surface area contributed by atoms with Crippen molar-refractivity contribution in [1.82, 2.24) is 0 Å². The Kier molecular flexibility index (Phi) is 0.857. The molecule has 0 spiro atoms. The van der Waals surface area contributed by atoms with Gasteiger partial charge in [-0.2, -0.15) is 0 Å². The molecule has 2 atom stereocenters. The zero-order valence-corrected chi connectivity index (χ0v) is 6.36. The molecule has 2 unspecified atom stereocenters. The molecule has 0 bridgehead atoms. The lowest BCUT2D eigenvalue weighted by Crippen LogP contribution is -1.89. The van der Waals surface area contributed by atoms with Crippen molar-refractivity contribution in [2.24, 2.45) is 11.8 Å². The highest BCUT2D eigenvalue weighted by Gasteiger charge is 2.39. The van der Waals surface area contributed by atoms with E-state index in [1.165, 1.54) is 11.3 Å². The van der Waals surface area contributed by atoms with E-state index in [0.717, 1.165) is 23.5 Å². The van der Waals surface area contributed by atoms with Gasteiger partial charge in [0, 0.05) is 4.91 Å². The van der Waals surface area contributed by atoms with E-state index < -0.39 is 0 Å². The lowest BCUT2D eigenvalue weighted by molar-refractivity contribution is 0.294. The summed E-state index contributed by atoms with van der Waals surface area (Å²) in [4.78, 5) is 1.39. The van der Waals surface area contributed by atoms with Gasteiger partial charge in [0.15, 0.2) is 0 Å². The number of fused-ring (bicyclic) bond motifs is 2. The molecule has 3 aliphatic rings. The van der Waals surface area contributed by atoms with Crippen LogP contribution in [0.5, 0.6) is 0 Å². The summed E-state index contributed by atoms with van der Waals surface area (Å²) in [6, 6.07) is 0. The Hall–Kier alpha value is -0.370. The molecule has 0 amide bonds. The molecule has 1 heterocycles. The molecule has 0 N–H and O–H groups in total. The van der Waals surface area contributed by atoms with E-state index >= 15 is 0 Å². The molecule has 1 aliphatic heterocycles. The van der Waals surface area contributed by atoms with Crippen molar-refractivity contribution in [3.05, 3.63) is 22.8 Å². The Morgan fingerprint density at radius 2 is 2.30 bits per heavy atom. The van der Waals surface area contributed by atoms with Crippen molar-refractivity contribution in [3.63, 3.8) is 0 Å². The van der Waals surface area contributed by atoms with Crippen LogP contribution < -0.4 is 0 Å². The second-order valence-corrected chi connectivity index (χ2v) is 4.00. The molecule has 1 saturated carbocycles. The Bertz CT molecular complexity index is 218. The standard InChI is InChI=1S/C8H8OS/c1-5-2-7-8(3-6(1)5)10-4-9-7/h2-3,5-6H,1,4H2. The maximum Gasteiger partial charge on any atom is 0.138 e. The predicted octanol–water partition coefficient (Wildman–Crippen LogP) is 2.12. The third-order valence-corrected chi connectivity index (χ3v) is 3.18. The molecule has 2 fully saturated rings. The van der Waals surface area contributed by atoms with Gasteiger partial charge >= 0.3 is 0 Å². The second-order valence-electron chi connectivity index (χ2n) is 3.03. The van der Waals surface area contributed by atoms with Crippen LogP contribution in [0.4, 0.5) is 0 Å². The second kappa shape index (κ2) is 1.62. The van der Waals surface area contributed by atoms with Crippen LogP contribution in [0.15, 0.2) is 22.8 Å². The maximum atomic E-state index is 5.41. The number of allylic oxidation sites excluding steroid dienone is 2. The van der Waals surface area contributed by atoms with Gasteiger partial charge in [-0.3, -0.25) is 0 Å². The largest absolute Gasteiger partial charge is 0.482 e. The molecule has 1 nitrogen and oxygen atoms in total. The van der Waals surface area contributed by atoms with Crippen LogP contribution in [0.3, 0.4) is 0 Å². The minimum atomic E-state index is 0.830. The van der Waals surface area contributed by atoms with Crippen molar-refractivity contribution in [3.8, 4) is 0 Å². The Balaban J connectivity index is 2.06. The summed E-state index contributed by atoms with van der Waals surface area (Å²) in [7, 11) is 0.